The zero-order valence-corrected chi connectivity index (χ0v) is 20.1. The average Bonchev–Trinajstić information content (AvgIpc) is 3.15. The maximum Gasteiger partial charge on any atom is 0.249 e. The van der Waals surface area contributed by atoms with E-state index >= 15 is 4.39 Å². The van der Waals surface area contributed by atoms with Gasteiger partial charge >= 0.3 is 0 Å². The highest BCUT2D eigenvalue weighted by Gasteiger charge is 2.21. The number of aryl methyl sites for hydroxylation is 1. The minimum Gasteiger partial charge on any atom is -0.497 e. The van der Waals surface area contributed by atoms with E-state index in [1.54, 1.807) is 7.11 Å². The van der Waals surface area contributed by atoms with Crippen LogP contribution >= 0.6 is 11.6 Å². The molecule has 0 bridgehead atoms. The van der Waals surface area contributed by atoms with Crippen LogP contribution in [0.3, 0.4) is 0 Å². The highest BCUT2D eigenvalue weighted by molar-refractivity contribution is 6.32. The predicted octanol–water partition coefficient (Wildman–Crippen LogP) is 6.80. The molecule has 0 saturated heterocycles. The van der Waals surface area contributed by atoms with Crippen LogP contribution in [0.1, 0.15) is 12.5 Å². The quantitative estimate of drug-likeness (QED) is 0.264. The van der Waals surface area contributed by atoms with Gasteiger partial charge < -0.3 is 14.2 Å². The summed E-state index contributed by atoms with van der Waals surface area (Å²) in [4.78, 5) is 0. The van der Waals surface area contributed by atoms with E-state index in [1.165, 1.54) is 4.68 Å². The first-order valence-corrected chi connectivity index (χ1v) is 11.4. The summed E-state index contributed by atoms with van der Waals surface area (Å²) < 4.78 is 33.2. The lowest BCUT2D eigenvalue weighted by Gasteiger charge is -2.11. The fourth-order valence-electron chi connectivity index (χ4n) is 3.65. The maximum atomic E-state index is 15.1. The van der Waals surface area contributed by atoms with Crippen LogP contribution < -0.4 is 14.2 Å². The first-order chi connectivity index (χ1) is 16.5. The van der Waals surface area contributed by atoms with Gasteiger partial charge in [0.2, 0.25) is 11.7 Å². The molecule has 5 nitrogen and oxygen atoms in total. The van der Waals surface area contributed by atoms with Crippen molar-refractivity contribution in [2.75, 3.05) is 20.3 Å². The number of methoxy groups -OCH3 is 1. The number of benzene rings is 3. The summed E-state index contributed by atoms with van der Waals surface area (Å²) in [6.45, 7) is 4.64. The Labute approximate surface area is 203 Å². The van der Waals surface area contributed by atoms with E-state index < -0.39 is 5.82 Å². The van der Waals surface area contributed by atoms with Crippen LogP contribution in [0.5, 0.6) is 17.4 Å². The molecule has 176 valence electrons. The van der Waals surface area contributed by atoms with Crippen molar-refractivity contribution in [3.63, 3.8) is 0 Å². The molecule has 0 radical (unpaired) electrons. The second kappa shape index (κ2) is 10.6. The van der Waals surface area contributed by atoms with Gasteiger partial charge in [-0.15, -0.1) is 0 Å². The lowest BCUT2D eigenvalue weighted by atomic mass is 10.1. The van der Waals surface area contributed by atoms with Crippen molar-refractivity contribution < 1.29 is 18.6 Å². The molecule has 1 heterocycles. The third kappa shape index (κ3) is 5.18. The van der Waals surface area contributed by atoms with Gasteiger partial charge in [0.25, 0.3) is 0 Å². The molecule has 0 unspecified atom stereocenters. The van der Waals surface area contributed by atoms with Crippen molar-refractivity contribution >= 4 is 11.6 Å². The highest BCUT2D eigenvalue weighted by Crippen LogP contribution is 2.32. The molecular weight excluding hydrogens is 455 g/mol. The fraction of sp³-hybridized carbons (Fsp3) is 0.222. The summed E-state index contributed by atoms with van der Waals surface area (Å²) in [6.07, 6.45) is 0. The second-order valence-electron chi connectivity index (χ2n) is 7.72. The molecule has 0 fully saturated rings. The third-order valence-electron chi connectivity index (χ3n) is 5.34. The highest BCUT2D eigenvalue weighted by atomic mass is 35.5. The smallest absolute Gasteiger partial charge is 0.249 e. The molecular formula is C27H26ClFN2O3. The largest absolute Gasteiger partial charge is 0.497 e. The van der Waals surface area contributed by atoms with E-state index in [1.807, 2.05) is 80.6 Å². The molecule has 0 amide bonds. The van der Waals surface area contributed by atoms with Crippen LogP contribution in [0, 0.1) is 12.7 Å². The Morgan fingerprint density at radius 1 is 0.941 bits per heavy atom. The Morgan fingerprint density at radius 2 is 1.71 bits per heavy atom. The summed E-state index contributed by atoms with van der Waals surface area (Å²) in [5, 5.41) is 4.95. The molecule has 1 aromatic heterocycles. The van der Waals surface area contributed by atoms with E-state index in [2.05, 4.69) is 5.10 Å². The minimum absolute atomic E-state index is 0.101. The van der Waals surface area contributed by atoms with E-state index in [0.717, 1.165) is 22.4 Å². The Morgan fingerprint density at radius 3 is 2.38 bits per heavy atom. The van der Waals surface area contributed by atoms with Gasteiger partial charge in [0.1, 0.15) is 23.8 Å². The summed E-state index contributed by atoms with van der Waals surface area (Å²) in [6, 6.07) is 20.9. The standard InChI is InChI=1S/C27H26ClFN2O3/c1-4-33-27-25(29)26(21-7-5-6-18(2)16-21)30-31(27)14-15-34-24-13-10-20(17-23(24)28)19-8-11-22(32-3)12-9-19/h5-13,16-17H,4,14-15H2,1-3H3. The van der Waals surface area contributed by atoms with Gasteiger partial charge in [-0.05, 0) is 55.3 Å². The van der Waals surface area contributed by atoms with Crippen LogP contribution in [0.2, 0.25) is 5.02 Å². The number of hydrogen-bond donors (Lipinski definition) is 0. The van der Waals surface area contributed by atoms with Crippen LogP contribution in [0.15, 0.2) is 66.7 Å². The second-order valence-corrected chi connectivity index (χ2v) is 8.12. The number of halogens is 2. The predicted molar refractivity (Wildman–Crippen MR) is 132 cm³/mol. The Kier molecular flexibility index (Phi) is 7.38. The average molecular weight is 481 g/mol. The summed E-state index contributed by atoms with van der Waals surface area (Å²) in [5.74, 6) is 0.961. The number of ether oxygens (including phenoxy) is 3. The number of aromatic nitrogens is 2. The Bertz CT molecular complexity index is 1270. The molecule has 0 aliphatic rings. The molecule has 7 heteroatoms. The van der Waals surface area contributed by atoms with E-state index in [9.17, 15) is 0 Å². The van der Waals surface area contributed by atoms with Crippen molar-refractivity contribution in [3.8, 4) is 39.8 Å². The molecule has 34 heavy (non-hydrogen) atoms. The molecule has 0 saturated carbocycles. The first-order valence-electron chi connectivity index (χ1n) is 11.0. The fourth-order valence-corrected chi connectivity index (χ4v) is 3.89. The van der Waals surface area contributed by atoms with Crippen LogP contribution in [0.25, 0.3) is 22.4 Å². The molecule has 0 spiro atoms. The first kappa shape index (κ1) is 23.6. The van der Waals surface area contributed by atoms with Crippen LogP contribution in [0.4, 0.5) is 4.39 Å². The molecule has 0 aliphatic heterocycles. The van der Waals surface area contributed by atoms with Crippen molar-refractivity contribution in [3.05, 3.63) is 83.1 Å². The lowest BCUT2D eigenvalue weighted by molar-refractivity contribution is 0.253. The minimum atomic E-state index is -0.477. The molecule has 0 aliphatic carbocycles. The molecule has 4 aromatic rings. The third-order valence-corrected chi connectivity index (χ3v) is 5.63. The SMILES string of the molecule is CCOc1c(F)c(-c2cccc(C)c2)nn1CCOc1ccc(-c2ccc(OC)cc2)cc1Cl. The molecule has 4 rings (SSSR count). The topological polar surface area (TPSA) is 45.5 Å². The summed E-state index contributed by atoms with van der Waals surface area (Å²) >= 11 is 6.47. The van der Waals surface area contributed by atoms with Crippen molar-refractivity contribution in [2.45, 2.75) is 20.4 Å². The molecule has 3 aromatic carbocycles. The van der Waals surface area contributed by atoms with Crippen molar-refractivity contribution in [2.24, 2.45) is 0 Å². The monoisotopic (exact) mass is 480 g/mol. The number of nitrogens with zero attached hydrogens (tertiary/aromatic N) is 2. The zero-order valence-electron chi connectivity index (χ0n) is 19.3. The van der Waals surface area contributed by atoms with Gasteiger partial charge in [0, 0.05) is 5.56 Å². The Balaban J connectivity index is 1.48. The summed E-state index contributed by atoms with van der Waals surface area (Å²) in [7, 11) is 1.64. The van der Waals surface area contributed by atoms with E-state index in [4.69, 9.17) is 25.8 Å². The molecule has 0 atom stereocenters. The van der Waals surface area contributed by atoms with Gasteiger partial charge in [-0.25, -0.2) is 4.68 Å². The van der Waals surface area contributed by atoms with Gasteiger partial charge in [0.15, 0.2) is 0 Å². The maximum absolute atomic E-state index is 15.1. The molecule has 0 N–H and O–H groups in total. The normalized spacial score (nSPS) is 10.9. The lowest BCUT2D eigenvalue weighted by Crippen LogP contribution is -2.12. The van der Waals surface area contributed by atoms with Crippen LogP contribution in [-0.4, -0.2) is 30.1 Å². The van der Waals surface area contributed by atoms with Crippen LogP contribution in [-0.2, 0) is 6.54 Å². The van der Waals surface area contributed by atoms with Crippen molar-refractivity contribution in [1.29, 1.82) is 0 Å². The van der Waals surface area contributed by atoms with Gasteiger partial charge in [-0.1, -0.05) is 53.6 Å². The Hall–Kier alpha value is -3.51. The van der Waals surface area contributed by atoms with E-state index in [-0.39, 0.29) is 18.2 Å². The number of hydrogen-bond acceptors (Lipinski definition) is 4. The number of rotatable bonds is 9. The van der Waals surface area contributed by atoms with Crippen molar-refractivity contribution in [1.82, 2.24) is 9.78 Å². The van der Waals surface area contributed by atoms with Gasteiger partial charge in [-0.3, -0.25) is 0 Å². The zero-order chi connectivity index (χ0) is 24.1. The van der Waals surface area contributed by atoms with E-state index in [0.29, 0.717) is 29.5 Å². The van der Waals surface area contributed by atoms with Gasteiger partial charge in [-0.2, -0.15) is 9.49 Å². The van der Waals surface area contributed by atoms with Gasteiger partial charge in [0.05, 0.1) is 25.3 Å². The summed E-state index contributed by atoms with van der Waals surface area (Å²) in [5.41, 5.74) is 3.98.